The molecule has 2 nitrogen and oxygen atoms in total. The molecule has 0 bridgehead atoms. The zero-order valence-corrected chi connectivity index (χ0v) is 10.3. The molecule has 0 aromatic heterocycles. The quantitative estimate of drug-likeness (QED) is 0.821. The number of benzene rings is 2. The molecule has 0 radical (unpaired) electrons. The smallest absolute Gasteiger partial charge is 0.182 e. The van der Waals surface area contributed by atoms with Gasteiger partial charge in [0.2, 0.25) is 0 Å². The van der Waals surface area contributed by atoms with E-state index in [2.05, 4.69) is 21.2 Å². The van der Waals surface area contributed by atoms with Crippen molar-refractivity contribution in [1.82, 2.24) is 0 Å². The first-order chi connectivity index (χ1) is 8.08. The molecule has 2 aromatic rings. The molecule has 88 valence electrons. The molecule has 0 aliphatic rings. The van der Waals surface area contributed by atoms with Crippen LogP contribution < -0.4 is 11.1 Å². The molecule has 5 heteroatoms. The molecule has 0 spiro atoms. The highest BCUT2D eigenvalue weighted by atomic mass is 79.9. The largest absolute Gasteiger partial charge is 0.399 e. The lowest BCUT2D eigenvalue weighted by molar-refractivity contribution is 0.512. The van der Waals surface area contributed by atoms with Crippen molar-refractivity contribution in [3.63, 3.8) is 0 Å². The SMILES string of the molecule is Nc1ccc(Nc2cccc(F)c2F)c(Br)c1. The molecule has 0 unspecified atom stereocenters. The molecule has 0 atom stereocenters. The Balaban J connectivity index is 2.35. The minimum absolute atomic E-state index is 0.0791. The molecular formula is C12H9BrF2N2. The summed E-state index contributed by atoms with van der Waals surface area (Å²) in [4.78, 5) is 0. The summed E-state index contributed by atoms with van der Waals surface area (Å²) in [5.74, 6) is -1.79. The maximum absolute atomic E-state index is 13.4. The van der Waals surface area contributed by atoms with Gasteiger partial charge in [-0.25, -0.2) is 8.78 Å². The molecular weight excluding hydrogens is 290 g/mol. The zero-order valence-electron chi connectivity index (χ0n) is 8.68. The van der Waals surface area contributed by atoms with Crippen LogP contribution in [0.4, 0.5) is 25.8 Å². The third-order valence-corrected chi connectivity index (χ3v) is 2.87. The lowest BCUT2D eigenvalue weighted by atomic mass is 10.2. The molecule has 0 heterocycles. The van der Waals surface area contributed by atoms with E-state index < -0.39 is 11.6 Å². The van der Waals surface area contributed by atoms with Gasteiger partial charge in [-0.05, 0) is 46.3 Å². The van der Waals surface area contributed by atoms with Gasteiger partial charge < -0.3 is 11.1 Å². The topological polar surface area (TPSA) is 38.0 Å². The van der Waals surface area contributed by atoms with Gasteiger partial charge in [0, 0.05) is 10.2 Å². The molecule has 0 amide bonds. The standard InChI is InChI=1S/C12H9BrF2N2/c13-8-6-7(16)4-5-10(8)17-11-3-1-2-9(14)12(11)15/h1-6,17H,16H2. The van der Waals surface area contributed by atoms with Crippen molar-refractivity contribution in [3.8, 4) is 0 Å². The average Bonchev–Trinajstić information content (AvgIpc) is 2.28. The normalized spacial score (nSPS) is 10.3. The maximum atomic E-state index is 13.4. The van der Waals surface area contributed by atoms with Gasteiger partial charge in [0.25, 0.3) is 0 Å². The Bertz CT molecular complexity index is 558. The van der Waals surface area contributed by atoms with E-state index in [9.17, 15) is 8.78 Å². The lowest BCUT2D eigenvalue weighted by Crippen LogP contribution is -1.97. The van der Waals surface area contributed by atoms with Crippen LogP contribution >= 0.6 is 15.9 Å². The van der Waals surface area contributed by atoms with Crippen LogP contribution in [0.3, 0.4) is 0 Å². The molecule has 17 heavy (non-hydrogen) atoms. The molecule has 0 saturated heterocycles. The summed E-state index contributed by atoms with van der Waals surface area (Å²) in [6.07, 6.45) is 0. The Labute approximate surface area is 106 Å². The first-order valence-electron chi connectivity index (χ1n) is 4.84. The number of hydrogen-bond acceptors (Lipinski definition) is 2. The Morgan fingerprint density at radius 1 is 1.06 bits per heavy atom. The van der Waals surface area contributed by atoms with E-state index in [0.717, 1.165) is 6.07 Å². The van der Waals surface area contributed by atoms with E-state index in [-0.39, 0.29) is 5.69 Å². The second kappa shape index (κ2) is 4.71. The van der Waals surface area contributed by atoms with Gasteiger partial charge in [-0.3, -0.25) is 0 Å². The van der Waals surface area contributed by atoms with Gasteiger partial charge in [0.1, 0.15) is 0 Å². The molecule has 0 aliphatic carbocycles. The molecule has 0 fully saturated rings. The van der Waals surface area contributed by atoms with Crippen molar-refractivity contribution in [1.29, 1.82) is 0 Å². The fourth-order valence-corrected chi connectivity index (χ4v) is 1.87. The summed E-state index contributed by atoms with van der Waals surface area (Å²) in [5, 5.41) is 2.79. The van der Waals surface area contributed by atoms with Crippen molar-refractivity contribution >= 4 is 33.0 Å². The monoisotopic (exact) mass is 298 g/mol. The molecule has 2 aromatic carbocycles. The van der Waals surface area contributed by atoms with Gasteiger partial charge in [-0.15, -0.1) is 0 Å². The van der Waals surface area contributed by atoms with Crippen molar-refractivity contribution in [2.45, 2.75) is 0 Å². The van der Waals surface area contributed by atoms with Crippen LogP contribution in [0.2, 0.25) is 0 Å². The number of rotatable bonds is 2. The minimum Gasteiger partial charge on any atom is -0.399 e. The predicted octanol–water partition coefficient (Wildman–Crippen LogP) is 4.05. The van der Waals surface area contributed by atoms with Crippen LogP contribution in [0.25, 0.3) is 0 Å². The number of nitrogens with one attached hydrogen (secondary N) is 1. The molecule has 3 N–H and O–H groups in total. The Kier molecular flexibility index (Phi) is 3.28. The lowest BCUT2D eigenvalue weighted by Gasteiger charge is -2.10. The van der Waals surface area contributed by atoms with Gasteiger partial charge >= 0.3 is 0 Å². The third-order valence-electron chi connectivity index (χ3n) is 2.21. The summed E-state index contributed by atoms with van der Waals surface area (Å²) in [5.41, 5.74) is 6.86. The second-order valence-corrected chi connectivity index (χ2v) is 4.32. The highest BCUT2D eigenvalue weighted by Crippen LogP contribution is 2.29. The van der Waals surface area contributed by atoms with Crippen molar-refractivity contribution in [3.05, 3.63) is 52.5 Å². The van der Waals surface area contributed by atoms with Crippen LogP contribution in [0, 0.1) is 11.6 Å². The summed E-state index contributed by atoms with van der Waals surface area (Å²) in [7, 11) is 0. The van der Waals surface area contributed by atoms with Crippen LogP contribution in [-0.4, -0.2) is 0 Å². The summed E-state index contributed by atoms with van der Waals surface area (Å²) < 4.78 is 27.1. The number of nitrogen functional groups attached to an aromatic ring is 1. The summed E-state index contributed by atoms with van der Waals surface area (Å²) in [6.45, 7) is 0. The predicted molar refractivity (Wildman–Crippen MR) is 68.2 cm³/mol. The molecule has 2 rings (SSSR count). The fraction of sp³-hybridized carbons (Fsp3) is 0. The van der Waals surface area contributed by atoms with E-state index in [1.165, 1.54) is 12.1 Å². The van der Waals surface area contributed by atoms with Gasteiger partial charge in [0.15, 0.2) is 11.6 Å². The van der Waals surface area contributed by atoms with E-state index in [1.807, 2.05) is 0 Å². The summed E-state index contributed by atoms with van der Waals surface area (Å²) >= 11 is 3.29. The number of hydrogen-bond donors (Lipinski definition) is 2. The highest BCUT2D eigenvalue weighted by molar-refractivity contribution is 9.10. The number of halogens is 3. The number of nitrogens with two attached hydrogens (primary N) is 1. The van der Waals surface area contributed by atoms with E-state index in [0.29, 0.717) is 15.8 Å². The van der Waals surface area contributed by atoms with Crippen LogP contribution in [0.1, 0.15) is 0 Å². The Hall–Kier alpha value is -1.62. The minimum atomic E-state index is -0.906. The van der Waals surface area contributed by atoms with Crippen molar-refractivity contribution in [2.75, 3.05) is 11.1 Å². The zero-order chi connectivity index (χ0) is 12.4. The highest BCUT2D eigenvalue weighted by Gasteiger charge is 2.08. The van der Waals surface area contributed by atoms with Gasteiger partial charge in [0.05, 0.1) is 11.4 Å². The van der Waals surface area contributed by atoms with E-state index in [1.54, 1.807) is 18.2 Å². The van der Waals surface area contributed by atoms with Crippen LogP contribution in [-0.2, 0) is 0 Å². The average molecular weight is 299 g/mol. The van der Waals surface area contributed by atoms with Crippen molar-refractivity contribution in [2.24, 2.45) is 0 Å². The van der Waals surface area contributed by atoms with Gasteiger partial charge in [-0.2, -0.15) is 0 Å². The van der Waals surface area contributed by atoms with Crippen LogP contribution in [0.15, 0.2) is 40.9 Å². The summed E-state index contributed by atoms with van der Waals surface area (Å²) in [6, 6.07) is 9.00. The molecule has 0 saturated carbocycles. The van der Waals surface area contributed by atoms with Gasteiger partial charge in [-0.1, -0.05) is 6.07 Å². The second-order valence-electron chi connectivity index (χ2n) is 3.47. The van der Waals surface area contributed by atoms with Crippen molar-refractivity contribution < 1.29 is 8.78 Å². The van der Waals surface area contributed by atoms with Crippen LogP contribution in [0.5, 0.6) is 0 Å². The first-order valence-corrected chi connectivity index (χ1v) is 5.63. The maximum Gasteiger partial charge on any atom is 0.182 e. The third kappa shape index (κ3) is 2.55. The van der Waals surface area contributed by atoms with E-state index >= 15 is 0 Å². The Morgan fingerprint density at radius 2 is 1.82 bits per heavy atom. The molecule has 0 aliphatic heterocycles. The first kappa shape index (κ1) is 11.9. The number of anilines is 3. The van der Waals surface area contributed by atoms with E-state index in [4.69, 9.17) is 5.73 Å². The fourth-order valence-electron chi connectivity index (χ4n) is 1.38. The Morgan fingerprint density at radius 3 is 2.53 bits per heavy atom.